The van der Waals surface area contributed by atoms with Crippen LogP contribution in [-0.4, -0.2) is 70.2 Å². The van der Waals surface area contributed by atoms with Gasteiger partial charge in [0.15, 0.2) is 0 Å². The van der Waals surface area contributed by atoms with Gasteiger partial charge in [-0.1, -0.05) is 17.7 Å². The van der Waals surface area contributed by atoms with Crippen molar-refractivity contribution in [3.8, 4) is 28.1 Å². The first kappa shape index (κ1) is 20.3. The predicted molar refractivity (Wildman–Crippen MR) is 114 cm³/mol. The van der Waals surface area contributed by atoms with Gasteiger partial charge in [-0.15, -0.1) is 0 Å². The van der Waals surface area contributed by atoms with E-state index < -0.39 is 0 Å². The van der Waals surface area contributed by atoms with Crippen LogP contribution < -0.4 is 5.32 Å². The van der Waals surface area contributed by atoms with E-state index in [2.05, 4.69) is 20.3 Å². The predicted octanol–water partition coefficient (Wildman–Crippen LogP) is 2.86. The number of carbonyl (C=O) groups is 1. The molecule has 3 aromatic rings. The van der Waals surface area contributed by atoms with Gasteiger partial charge in [0.25, 0.3) is 0 Å². The third-order valence-corrected chi connectivity index (χ3v) is 5.26. The molecule has 0 atom stereocenters. The Morgan fingerprint density at radius 2 is 1.93 bits per heavy atom. The summed E-state index contributed by atoms with van der Waals surface area (Å²) >= 11 is 5.94. The highest BCUT2D eigenvalue weighted by Gasteiger charge is 2.18. The maximum absolute atomic E-state index is 12.7. The van der Waals surface area contributed by atoms with Crippen molar-refractivity contribution in [2.75, 3.05) is 39.4 Å². The molecule has 1 aliphatic rings. The lowest BCUT2D eigenvalue weighted by molar-refractivity contribution is 0.0387. The van der Waals surface area contributed by atoms with Gasteiger partial charge in [-0.05, 0) is 29.8 Å². The Morgan fingerprint density at radius 1 is 1.17 bits per heavy atom. The number of pyridine rings is 1. The van der Waals surface area contributed by atoms with Crippen LogP contribution in [0.1, 0.15) is 0 Å². The van der Waals surface area contributed by atoms with Gasteiger partial charge < -0.3 is 15.2 Å². The number of phenols is 1. The first-order chi connectivity index (χ1) is 14.6. The van der Waals surface area contributed by atoms with E-state index in [1.165, 1.54) is 10.7 Å². The van der Waals surface area contributed by atoms with Crippen molar-refractivity contribution in [1.29, 1.82) is 0 Å². The Kier molecular flexibility index (Phi) is 6.27. The molecule has 4 rings (SSSR count). The van der Waals surface area contributed by atoms with Gasteiger partial charge in [-0.2, -0.15) is 9.78 Å². The van der Waals surface area contributed by atoms with Crippen molar-refractivity contribution >= 4 is 17.6 Å². The van der Waals surface area contributed by atoms with Gasteiger partial charge >= 0.3 is 6.03 Å². The van der Waals surface area contributed by atoms with Crippen LogP contribution in [0.3, 0.4) is 0 Å². The fourth-order valence-electron chi connectivity index (χ4n) is 3.32. The molecule has 8 nitrogen and oxygen atoms in total. The normalized spacial score (nSPS) is 14.6. The number of ether oxygens (including phenoxy) is 1. The number of phenolic OH excluding ortho intramolecular Hbond substituents is 1. The van der Waals surface area contributed by atoms with E-state index in [0.717, 1.165) is 44.0 Å². The molecule has 3 heterocycles. The third kappa shape index (κ3) is 4.62. The summed E-state index contributed by atoms with van der Waals surface area (Å²) in [4.78, 5) is 19.0. The number of hydrogen-bond acceptors (Lipinski definition) is 6. The summed E-state index contributed by atoms with van der Waals surface area (Å²) in [6.45, 7) is 4.45. The molecule has 0 aliphatic carbocycles. The zero-order valence-corrected chi connectivity index (χ0v) is 17.0. The van der Waals surface area contributed by atoms with E-state index in [4.69, 9.17) is 16.3 Å². The highest BCUT2D eigenvalue weighted by atomic mass is 35.5. The Labute approximate surface area is 179 Å². The Balaban J connectivity index is 1.57. The second-order valence-electron chi connectivity index (χ2n) is 6.92. The van der Waals surface area contributed by atoms with Crippen LogP contribution >= 0.6 is 11.6 Å². The molecule has 2 N–H and O–H groups in total. The summed E-state index contributed by atoms with van der Waals surface area (Å²) in [5.41, 5.74) is 2.84. The zero-order chi connectivity index (χ0) is 20.9. The van der Waals surface area contributed by atoms with Crippen molar-refractivity contribution in [2.45, 2.75) is 0 Å². The topological polar surface area (TPSA) is 92.5 Å². The SMILES string of the molecule is O=C(NCCN1CCOCC1)n1cc(-c2ccncc2)c(-c2ccc(Cl)c(O)c2)n1. The quantitative estimate of drug-likeness (QED) is 0.650. The molecule has 0 spiro atoms. The number of halogens is 1. The average Bonchev–Trinajstić information content (AvgIpc) is 3.23. The lowest BCUT2D eigenvalue weighted by Crippen LogP contribution is -2.42. The number of amides is 1. The molecule has 0 radical (unpaired) electrons. The summed E-state index contributed by atoms with van der Waals surface area (Å²) in [6, 6.07) is 8.27. The van der Waals surface area contributed by atoms with Gasteiger partial charge in [0.1, 0.15) is 11.4 Å². The molecule has 9 heteroatoms. The van der Waals surface area contributed by atoms with Crippen molar-refractivity contribution in [2.24, 2.45) is 0 Å². The minimum absolute atomic E-state index is 0.0423. The molecule has 156 valence electrons. The first-order valence-corrected chi connectivity index (χ1v) is 10.1. The van der Waals surface area contributed by atoms with Gasteiger partial charge in [0.05, 0.1) is 18.2 Å². The van der Waals surface area contributed by atoms with Crippen LogP contribution in [0.15, 0.2) is 48.9 Å². The second-order valence-corrected chi connectivity index (χ2v) is 7.33. The molecule has 1 saturated heterocycles. The summed E-state index contributed by atoms with van der Waals surface area (Å²) in [5, 5.41) is 17.7. The Morgan fingerprint density at radius 3 is 2.67 bits per heavy atom. The second kappa shape index (κ2) is 9.25. The number of nitrogens with zero attached hydrogens (tertiary/aromatic N) is 4. The highest BCUT2D eigenvalue weighted by Crippen LogP contribution is 2.34. The van der Waals surface area contributed by atoms with Crippen LogP contribution in [0.25, 0.3) is 22.4 Å². The van der Waals surface area contributed by atoms with Crippen molar-refractivity contribution in [3.63, 3.8) is 0 Å². The van der Waals surface area contributed by atoms with E-state index in [9.17, 15) is 9.90 Å². The number of hydrogen-bond donors (Lipinski definition) is 2. The van der Waals surface area contributed by atoms with Gasteiger partial charge in [-0.3, -0.25) is 9.88 Å². The number of nitrogens with one attached hydrogen (secondary N) is 1. The Hall–Kier alpha value is -2.94. The standard InChI is InChI=1S/C21H22ClN5O3/c22-18-2-1-16(13-19(18)28)20-17(15-3-5-23-6-4-15)14-27(25-20)21(29)24-7-8-26-9-11-30-12-10-26/h1-6,13-14,28H,7-12H2,(H,24,29). The van der Waals surface area contributed by atoms with E-state index >= 15 is 0 Å². The van der Waals surface area contributed by atoms with E-state index in [0.29, 0.717) is 17.8 Å². The lowest BCUT2D eigenvalue weighted by Gasteiger charge is -2.26. The molecule has 1 fully saturated rings. The minimum atomic E-state index is -0.317. The molecular formula is C21H22ClN5O3. The number of morpholine rings is 1. The average molecular weight is 428 g/mol. The van der Waals surface area contributed by atoms with Crippen molar-refractivity contribution in [3.05, 3.63) is 53.9 Å². The number of rotatable bonds is 5. The molecule has 2 aromatic heterocycles. The largest absolute Gasteiger partial charge is 0.506 e. The highest BCUT2D eigenvalue weighted by molar-refractivity contribution is 6.32. The lowest BCUT2D eigenvalue weighted by atomic mass is 10.0. The van der Waals surface area contributed by atoms with Crippen LogP contribution in [0.5, 0.6) is 5.75 Å². The van der Waals surface area contributed by atoms with Crippen LogP contribution in [0.2, 0.25) is 5.02 Å². The first-order valence-electron chi connectivity index (χ1n) is 9.69. The number of carbonyl (C=O) groups excluding carboxylic acids is 1. The van der Waals surface area contributed by atoms with Crippen LogP contribution in [0, 0.1) is 0 Å². The molecular weight excluding hydrogens is 406 g/mol. The summed E-state index contributed by atoms with van der Waals surface area (Å²) in [5.74, 6) is -0.0423. The third-order valence-electron chi connectivity index (χ3n) is 4.94. The van der Waals surface area contributed by atoms with Gasteiger partial charge in [0, 0.05) is 55.9 Å². The Bertz CT molecular complexity index is 1020. The maximum Gasteiger partial charge on any atom is 0.342 e. The molecule has 30 heavy (non-hydrogen) atoms. The van der Waals surface area contributed by atoms with Crippen LogP contribution in [-0.2, 0) is 4.74 Å². The molecule has 0 saturated carbocycles. The monoisotopic (exact) mass is 427 g/mol. The summed E-state index contributed by atoms with van der Waals surface area (Å²) < 4.78 is 6.63. The molecule has 1 aromatic carbocycles. The van der Waals surface area contributed by atoms with E-state index in [-0.39, 0.29) is 16.8 Å². The van der Waals surface area contributed by atoms with E-state index in [1.807, 2.05) is 12.1 Å². The van der Waals surface area contributed by atoms with Crippen molar-refractivity contribution in [1.82, 2.24) is 25.0 Å². The molecule has 1 aliphatic heterocycles. The summed E-state index contributed by atoms with van der Waals surface area (Å²) in [6.07, 6.45) is 5.04. The van der Waals surface area contributed by atoms with Gasteiger partial charge in [-0.25, -0.2) is 4.79 Å². The molecule has 1 amide bonds. The molecule has 0 unspecified atom stereocenters. The summed E-state index contributed by atoms with van der Waals surface area (Å²) in [7, 11) is 0. The smallest absolute Gasteiger partial charge is 0.342 e. The number of aromatic hydroxyl groups is 1. The zero-order valence-electron chi connectivity index (χ0n) is 16.3. The maximum atomic E-state index is 12.7. The number of aromatic nitrogens is 3. The van der Waals surface area contributed by atoms with Crippen molar-refractivity contribution < 1.29 is 14.6 Å². The molecule has 0 bridgehead atoms. The minimum Gasteiger partial charge on any atom is -0.506 e. The van der Waals surface area contributed by atoms with Crippen LogP contribution in [0.4, 0.5) is 4.79 Å². The fraction of sp³-hybridized carbons (Fsp3) is 0.286. The van der Waals surface area contributed by atoms with E-state index in [1.54, 1.807) is 30.7 Å². The van der Waals surface area contributed by atoms with Gasteiger partial charge in [0.2, 0.25) is 0 Å². The number of benzene rings is 1. The fourth-order valence-corrected chi connectivity index (χ4v) is 3.44.